The van der Waals surface area contributed by atoms with Crippen LogP contribution in [0.2, 0.25) is 5.02 Å². The van der Waals surface area contributed by atoms with Crippen molar-refractivity contribution in [2.24, 2.45) is 0 Å². The maximum Gasteiger partial charge on any atom is 0.115 e. The van der Waals surface area contributed by atoms with Gasteiger partial charge in [-0.15, -0.1) is 0 Å². The third kappa shape index (κ3) is 2.67. The largest absolute Gasteiger partial charge is 0.508 e. The fourth-order valence-corrected chi connectivity index (χ4v) is 3.05. The van der Waals surface area contributed by atoms with Gasteiger partial charge in [-0.1, -0.05) is 29.8 Å². The number of aromatic hydroxyl groups is 1. The molecule has 2 atom stereocenters. The number of fused-ring (bicyclic) bond motifs is 1. The molecule has 0 saturated carbocycles. The molecule has 0 saturated heterocycles. The van der Waals surface area contributed by atoms with Crippen molar-refractivity contribution in [3.05, 3.63) is 64.2 Å². The standard InChI is InChI=1S/C17H18ClNO/c1-11(12-2-5-14(18)6-3-12)19-17-9-4-13-10-15(20)7-8-16(13)17/h2-3,5-8,10-11,17,19-20H,4,9H2,1H3/t11-,17?/m1/s1. The first-order chi connectivity index (χ1) is 9.63. The molecule has 104 valence electrons. The summed E-state index contributed by atoms with van der Waals surface area (Å²) < 4.78 is 0. The van der Waals surface area contributed by atoms with Crippen molar-refractivity contribution in [2.75, 3.05) is 0 Å². The molecular weight excluding hydrogens is 270 g/mol. The lowest BCUT2D eigenvalue weighted by Crippen LogP contribution is -2.22. The maximum atomic E-state index is 9.54. The lowest BCUT2D eigenvalue weighted by atomic mass is 10.0. The molecule has 20 heavy (non-hydrogen) atoms. The number of phenolic OH excluding ortho intramolecular Hbond substituents is 1. The monoisotopic (exact) mass is 287 g/mol. The van der Waals surface area contributed by atoms with Crippen molar-refractivity contribution < 1.29 is 5.11 Å². The Morgan fingerprint density at radius 1 is 1.20 bits per heavy atom. The second kappa shape index (κ2) is 5.47. The van der Waals surface area contributed by atoms with E-state index in [1.165, 1.54) is 16.7 Å². The number of hydrogen-bond donors (Lipinski definition) is 2. The van der Waals surface area contributed by atoms with Gasteiger partial charge in [0, 0.05) is 17.1 Å². The fraction of sp³-hybridized carbons (Fsp3) is 0.294. The summed E-state index contributed by atoms with van der Waals surface area (Å²) in [5, 5.41) is 14.0. The zero-order valence-corrected chi connectivity index (χ0v) is 12.2. The molecule has 3 rings (SSSR count). The number of hydrogen-bond acceptors (Lipinski definition) is 2. The van der Waals surface area contributed by atoms with Crippen molar-refractivity contribution >= 4 is 11.6 Å². The highest BCUT2D eigenvalue weighted by Gasteiger charge is 2.24. The van der Waals surface area contributed by atoms with Crippen LogP contribution in [-0.2, 0) is 6.42 Å². The van der Waals surface area contributed by atoms with Crippen LogP contribution >= 0.6 is 11.6 Å². The van der Waals surface area contributed by atoms with Gasteiger partial charge in [0.15, 0.2) is 0 Å². The summed E-state index contributed by atoms with van der Waals surface area (Å²) in [4.78, 5) is 0. The Balaban J connectivity index is 1.75. The normalized spacial score (nSPS) is 18.8. The lowest BCUT2D eigenvalue weighted by molar-refractivity contribution is 0.464. The number of nitrogens with one attached hydrogen (secondary N) is 1. The Morgan fingerprint density at radius 2 is 1.95 bits per heavy atom. The van der Waals surface area contributed by atoms with Crippen LogP contribution in [0.25, 0.3) is 0 Å². The molecule has 2 N–H and O–H groups in total. The smallest absolute Gasteiger partial charge is 0.115 e. The molecule has 0 radical (unpaired) electrons. The van der Waals surface area contributed by atoms with Crippen molar-refractivity contribution in [1.29, 1.82) is 0 Å². The van der Waals surface area contributed by atoms with Gasteiger partial charge in [-0.05, 0) is 60.7 Å². The summed E-state index contributed by atoms with van der Waals surface area (Å²) in [5.41, 5.74) is 3.80. The number of phenols is 1. The first-order valence-corrected chi connectivity index (χ1v) is 7.34. The third-order valence-electron chi connectivity index (χ3n) is 4.03. The van der Waals surface area contributed by atoms with Crippen LogP contribution in [0, 0.1) is 0 Å². The third-order valence-corrected chi connectivity index (χ3v) is 4.28. The van der Waals surface area contributed by atoms with E-state index in [-0.39, 0.29) is 6.04 Å². The van der Waals surface area contributed by atoms with E-state index in [1.54, 1.807) is 6.07 Å². The van der Waals surface area contributed by atoms with E-state index in [2.05, 4.69) is 24.4 Å². The van der Waals surface area contributed by atoms with Crippen LogP contribution in [0.4, 0.5) is 0 Å². The van der Waals surface area contributed by atoms with Gasteiger partial charge >= 0.3 is 0 Å². The van der Waals surface area contributed by atoms with Gasteiger partial charge in [0.1, 0.15) is 5.75 Å². The molecule has 0 aliphatic heterocycles. The Labute approximate surface area is 124 Å². The molecule has 1 aliphatic rings. The first-order valence-electron chi connectivity index (χ1n) is 6.97. The quantitative estimate of drug-likeness (QED) is 0.878. The molecule has 3 heteroatoms. The predicted molar refractivity (Wildman–Crippen MR) is 82.2 cm³/mol. The average Bonchev–Trinajstić information content (AvgIpc) is 2.81. The Kier molecular flexibility index (Phi) is 3.68. The minimum atomic E-state index is 0.275. The second-order valence-corrected chi connectivity index (χ2v) is 5.85. The van der Waals surface area contributed by atoms with E-state index in [0.717, 1.165) is 17.9 Å². The summed E-state index contributed by atoms with van der Waals surface area (Å²) in [6.45, 7) is 2.17. The van der Waals surface area contributed by atoms with E-state index in [1.807, 2.05) is 24.3 Å². The van der Waals surface area contributed by atoms with Gasteiger partial charge in [-0.2, -0.15) is 0 Å². The highest BCUT2D eigenvalue weighted by Crippen LogP contribution is 2.34. The van der Waals surface area contributed by atoms with Crippen LogP contribution in [-0.4, -0.2) is 5.11 Å². The Hall–Kier alpha value is -1.51. The van der Waals surface area contributed by atoms with Crippen LogP contribution < -0.4 is 5.32 Å². The van der Waals surface area contributed by atoms with Gasteiger partial charge < -0.3 is 10.4 Å². The summed E-state index contributed by atoms with van der Waals surface area (Å²) >= 11 is 5.92. The van der Waals surface area contributed by atoms with Crippen molar-refractivity contribution in [3.8, 4) is 5.75 Å². The molecule has 0 spiro atoms. The van der Waals surface area contributed by atoms with E-state index in [9.17, 15) is 5.11 Å². The van der Waals surface area contributed by atoms with Gasteiger partial charge in [-0.3, -0.25) is 0 Å². The Morgan fingerprint density at radius 3 is 2.70 bits per heavy atom. The molecule has 0 amide bonds. The van der Waals surface area contributed by atoms with E-state index in [4.69, 9.17) is 11.6 Å². The van der Waals surface area contributed by atoms with Crippen molar-refractivity contribution in [1.82, 2.24) is 5.32 Å². The second-order valence-electron chi connectivity index (χ2n) is 5.41. The summed E-state index contributed by atoms with van der Waals surface area (Å²) in [6.07, 6.45) is 2.10. The van der Waals surface area contributed by atoms with Crippen LogP contribution in [0.1, 0.15) is 42.1 Å². The summed E-state index contributed by atoms with van der Waals surface area (Å²) in [6, 6.07) is 14.3. The number of halogens is 1. The van der Waals surface area contributed by atoms with Crippen LogP contribution in [0.3, 0.4) is 0 Å². The summed E-state index contributed by atoms with van der Waals surface area (Å²) in [5.74, 6) is 0.357. The van der Waals surface area contributed by atoms with E-state index in [0.29, 0.717) is 11.8 Å². The van der Waals surface area contributed by atoms with E-state index >= 15 is 0 Å². The molecule has 1 unspecified atom stereocenters. The summed E-state index contributed by atoms with van der Waals surface area (Å²) in [7, 11) is 0. The van der Waals surface area contributed by atoms with Crippen LogP contribution in [0.5, 0.6) is 5.75 Å². The maximum absolute atomic E-state index is 9.54. The molecule has 0 bridgehead atoms. The minimum absolute atomic E-state index is 0.275. The van der Waals surface area contributed by atoms with Crippen molar-refractivity contribution in [2.45, 2.75) is 31.8 Å². The zero-order chi connectivity index (χ0) is 14.1. The molecule has 2 aromatic rings. The molecule has 2 aromatic carbocycles. The molecular formula is C17H18ClNO. The minimum Gasteiger partial charge on any atom is -0.508 e. The average molecular weight is 288 g/mol. The van der Waals surface area contributed by atoms with Gasteiger partial charge in [-0.25, -0.2) is 0 Å². The first kappa shape index (κ1) is 13.5. The number of rotatable bonds is 3. The predicted octanol–water partition coefficient (Wildman–Crippen LogP) is 4.38. The molecule has 0 heterocycles. The van der Waals surface area contributed by atoms with E-state index < -0.39 is 0 Å². The molecule has 0 fully saturated rings. The van der Waals surface area contributed by atoms with Gasteiger partial charge in [0.25, 0.3) is 0 Å². The SMILES string of the molecule is C[C@@H](NC1CCc2cc(O)ccc21)c1ccc(Cl)cc1. The fourth-order valence-electron chi connectivity index (χ4n) is 2.93. The highest BCUT2D eigenvalue weighted by molar-refractivity contribution is 6.30. The molecule has 1 aliphatic carbocycles. The molecule has 0 aromatic heterocycles. The highest BCUT2D eigenvalue weighted by atomic mass is 35.5. The number of benzene rings is 2. The van der Waals surface area contributed by atoms with Gasteiger partial charge in [0.2, 0.25) is 0 Å². The van der Waals surface area contributed by atoms with Gasteiger partial charge in [0.05, 0.1) is 0 Å². The molecule has 2 nitrogen and oxygen atoms in total. The number of aryl methyl sites for hydroxylation is 1. The lowest BCUT2D eigenvalue weighted by Gasteiger charge is -2.21. The van der Waals surface area contributed by atoms with Crippen molar-refractivity contribution in [3.63, 3.8) is 0 Å². The Bertz CT molecular complexity index is 609. The van der Waals surface area contributed by atoms with Crippen LogP contribution in [0.15, 0.2) is 42.5 Å². The zero-order valence-electron chi connectivity index (χ0n) is 11.4. The topological polar surface area (TPSA) is 32.3 Å².